The summed E-state index contributed by atoms with van der Waals surface area (Å²) in [6, 6.07) is 24.3. The van der Waals surface area contributed by atoms with Crippen LogP contribution in [0.2, 0.25) is 0 Å². The molecule has 1 N–H and O–H groups in total. The van der Waals surface area contributed by atoms with Crippen LogP contribution in [0.4, 0.5) is 5.69 Å². The maximum atomic E-state index is 13.7. The number of ketones is 1. The number of hydrogen-bond acceptors (Lipinski definition) is 5. The number of allylic oxidation sites excluding steroid dienone is 2. The number of anilines is 1. The molecule has 1 aliphatic heterocycles. The van der Waals surface area contributed by atoms with Crippen molar-refractivity contribution in [2.45, 2.75) is 39.2 Å². The molecule has 0 saturated carbocycles. The van der Waals surface area contributed by atoms with E-state index < -0.39 is 0 Å². The molecule has 37 heavy (non-hydrogen) atoms. The zero-order valence-corrected chi connectivity index (χ0v) is 21.4. The molecule has 0 bridgehead atoms. The first-order chi connectivity index (χ1) is 17.9. The Morgan fingerprint density at radius 1 is 0.973 bits per heavy atom. The third-order valence-corrected chi connectivity index (χ3v) is 7.37. The first-order valence-electron chi connectivity index (χ1n) is 12.7. The lowest BCUT2D eigenvalue weighted by atomic mass is 9.68. The largest absolute Gasteiger partial charge is 0.493 e. The molecule has 4 aromatic rings. The zero-order valence-electron chi connectivity index (χ0n) is 21.4. The summed E-state index contributed by atoms with van der Waals surface area (Å²) in [5, 5.41) is 4.68. The minimum atomic E-state index is -0.222. The summed E-state index contributed by atoms with van der Waals surface area (Å²) >= 11 is 0. The van der Waals surface area contributed by atoms with Crippen LogP contribution in [0.3, 0.4) is 0 Å². The first-order valence-corrected chi connectivity index (χ1v) is 12.7. The second-order valence-corrected chi connectivity index (χ2v) is 10.7. The summed E-state index contributed by atoms with van der Waals surface area (Å²) in [4.78, 5) is 18.3. The lowest BCUT2D eigenvalue weighted by molar-refractivity contribution is -0.118. The molecule has 0 unspecified atom stereocenters. The van der Waals surface area contributed by atoms with Gasteiger partial charge in [-0.1, -0.05) is 56.3 Å². The highest BCUT2D eigenvalue weighted by Crippen LogP contribution is 2.51. The molecule has 5 heteroatoms. The monoisotopic (exact) mass is 490 g/mol. The van der Waals surface area contributed by atoms with Crippen molar-refractivity contribution in [3.63, 3.8) is 0 Å². The van der Waals surface area contributed by atoms with Gasteiger partial charge in [-0.15, -0.1) is 0 Å². The highest BCUT2D eigenvalue weighted by molar-refractivity contribution is 6.04. The first kappa shape index (κ1) is 23.3. The minimum absolute atomic E-state index is 0.0871. The normalized spacial score (nSPS) is 18.1. The van der Waals surface area contributed by atoms with Crippen LogP contribution in [0.5, 0.6) is 11.5 Å². The smallest absolute Gasteiger partial charge is 0.162 e. The Morgan fingerprint density at radius 3 is 2.62 bits per heavy atom. The minimum Gasteiger partial charge on any atom is -0.493 e. The molecule has 1 aromatic heterocycles. The number of carbonyl (C=O) groups excluding carboxylic acids is 1. The van der Waals surface area contributed by atoms with Crippen molar-refractivity contribution in [1.29, 1.82) is 0 Å². The number of benzene rings is 3. The molecule has 0 radical (unpaired) electrons. The van der Waals surface area contributed by atoms with E-state index in [9.17, 15) is 4.79 Å². The van der Waals surface area contributed by atoms with E-state index in [1.165, 1.54) is 0 Å². The Morgan fingerprint density at radius 2 is 1.81 bits per heavy atom. The van der Waals surface area contributed by atoms with Gasteiger partial charge in [-0.2, -0.15) is 0 Å². The van der Waals surface area contributed by atoms with Gasteiger partial charge in [0.2, 0.25) is 0 Å². The van der Waals surface area contributed by atoms with Gasteiger partial charge in [-0.05, 0) is 58.9 Å². The van der Waals surface area contributed by atoms with Crippen molar-refractivity contribution in [1.82, 2.24) is 4.98 Å². The molecule has 5 nitrogen and oxygen atoms in total. The summed E-state index contributed by atoms with van der Waals surface area (Å²) in [7, 11) is 1.66. The number of hydrogen-bond donors (Lipinski definition) is 1. The standard InChI is InChI=1S/C32H30N2O3/c1-32(2)17-25-31(26(35)18-32)29(30-22-10-7-15-33-23(22)12-13-24(30)34-25)21-11-14-27(28(16-21)36-3)37-19-20-8-5-4-6-9-20/h4-16,29,34H,17-19H2,1-3H3/t29-/m1/s1. The fourth-order valence-electron chi connectivity index (χ4n) is 5.73. The highest BCUT2D eigenvalue weighted by Gasteiger charge is 2.41. The van der Waals surface area contributed by atoms with E-state index in [0.29, 0.717) is 24.5 Å². The molecule has 2 aliphatic rings. The number of ether oxygens (including phenoxy) is 2. The van der Waals surface area contributed by atoms with Gasteiger partial charge in [-0.25, -0.2) is 0 Å². The molecule has 6 rings (SSSR count). The Hall–Kier alpha value is -4.12. The van der Waals surface area contributed by atoms with Crippen LogP contribution in [0.25, 0.3) is 10.9 Å². The van der Waals surface area contributed by atoms with Gasteiger partial charge in [-0.3, -0.25) is 9.78 Å². The Balaban J connectivity index is 1.48. The molecule has 0 amide bonds. The van der Waals surface area contributed by atoms with Crippen LogP contribution >= 0.6 is 0 Å². The molecule has 0 spiro atoms. The highest BCUT2D eigenvalue weighted by atomic mass is 16.5. The van der Waals surface area contributed by atoms with Gasteiger partial charge in [0, 0.05) is 40.9 Å². The number of aromatic nitrogens is 1. The number of Topliss-reactive ketones (excluding diaryl/α,β-unsaturated/α-hetero) is 1. The fourth-order valence-corrected chi connectivity index (χ4v) is 5.73. The van der Waals surface area contributed by atoms with E-state index in [1.54, 1.807) is 13.3 Å². The average molecular weight is 491 g/mol. The van der Waals surface area contributed by atoms with Gasteiger partial charge >= 0.3 is 0 Å². The number of carbonyl (C=O) groups is 1. The predicted octanol–water partition coefficient (Wildman–Crippen LogP) is 7.02. The summed E-state index contributed by atoms with van der Waals surface area (Å²) in [6.07, 6.45) is 3.16. The van der Waals surface area contributed by atoms with Gasteiger partial charge in [0.05, 0.1) is 12.6 Å². The molecule has 1 atom stereocenters. The van der Waals surface area contributed by atoms with Crippen LogP contribution in [-0.4, -0.2) is 17.9 Å². The van der Waals surface area contributed by atoms with E-state index in [2.05, 4.69) is 42.3 Å². The van der Waals surface area contributed by atoms with Gasteiger partial charge in [0.25, 0.3) is 0 Å². The number of nitrogens with one attached hydrogen (secondary N) is 1. The van der Waals surface area contributed by atoms with Crippen molar-refractivity contribution in [2.24, 2.45) is 5.41 Å². The number of methoxy groups -OCH3 is 1. The van der Waals surface area contributed by atoms with Crippen molar-refractivity contribution < 1.29 is 14.3 Å². The van der Waals surface area contributed by atoms with E-state index in [0.717, 1.165) is 51.0 Å². The zero-order chi connectivity index (χ0) is 25.6. The summed E-state index contributed by atoms with van der Waals surface area (Å²) in [6.45, 7) is 4.77. The van der Waals surface area contributed by atoms with Crippen LogP contribution in [-0.2, 0) is 11.4 Å². The fraction of sp³-hybridized carbons (Fsp3) is 0.250. The van der Waals surface area contributed by atoms with Gasteiger partial charge in [0.15, 0.2) is 17.3 Å². The van der Waals surface area contributed by atoms with Gasteiger partial charge in [0.1, 0.15) is 6.61 Å². The summed E-state index contributed by atoms with van der Waals surface area (Å²) in [5.74, 6) is 1.30. The van der Waals surface area contributed by atoms with Crippen molar-refractivity contribution in [3.8, 4) is 11.5 Å². The summed E-state index contributed by atoms with van der Waals surface area (Å²) < 4.78 is 11.9. The summed E-state index contributed by atoms with van der Waals surface area (Å²) in [5.41, 5.74) is 6.89. The number of nitrogens with zero attached hydrogens (tertiary/aromatic N) is 1. The molecule has 2 heterocycles. The Kier molecular flexibility index (Phi) is 5.71. The third-order valence-electron chi connectivity index (χ3n) is 7.37. The quantitative estimate of drug-likeness (QED) is 0.326. The lowest BCUT2D eigenvalue weighted by Crippen LogP contribution is -2.33. The lowest BCUT2D eigenvalue weighted by Gasteiger charge is -2.40. The topological polar surface area (TPSA) is 60.5 Å². The van der Waals surface area contributed by atoms with E-state index >= 15 is 0 Å². The molecular formula is C32H30N2O3. The predicted molar refractivity (Wildman–Crippen MR) is 146 cm³/mol. The Bertz CT molecular complexity index is 1540. The SMILES string of the molecule is COc1cc([C@H]2C3=C(CC(C)(C)CC3=O)Nc3ccc4ncccc4c32)ccc1OCc1ccccc1. The third kappa shape index (κ3) is 4.25. The molecule has 3 aromatic carbocycles. The van der Waals surface area contributed by atoms with Crippen LogP contribution in [0.15, 0.2) is 90.3 Å². The van der Waals surface area contributed by atoms with E-state index in [1.807, 2.05) is 54.6 Å². The molecule has 0 fully saturated rings. The molecular weight excluding hydrogens is 460 g/mol. The molecule has 0 saturated heterocycles. The Labute approximate surface area is 217 Å². The van der Waals surface area contributed by atoms with Crippen LogP contribution in [0, 0.1) is 5.41 Å². The molecule has 186 valence electrons. The van der Waals surface area contributed by atoms with Crippen LogP contribution < -0.4 is 14.8 Å². The van der Waals surface area contributed by atoms with E-state index in [4.69, 9.17) is 9.47 Å². The van der Waals surface area contributed by atoms with Crippen LogP contribution in [0.1, 0.15) is 49.3 Å². The maximum absolute atomic E-state index is 13.7. The van der Waals surface area contributed by atoms with Gasteiger partial charge < -0.3 is 14.8 Å². The second kappa shape index (κ2) is 9.07. The van der Waals surface area contributed by atoms with Crippen molar-refractivity contribution in [3.05, 3.63) is 107 Å². The van der Waals surface area contributed by atoms with Crippen molar-refractivity contribution in [2.75, 3.05) is 12.4 Å². The second-order valence-electron chi connectivity index (χ2n) is 10.7. The number of rotatable bonds is 5. The van der Waals surface area contributed by atoms with Crippen molar-refractivity contribution >= 4 is 22.4 Å². The molecule has 1 aliphatic carbocycles. The number of fused-ring (bicyclic) bond motifs is 3. The maximum Gasteiger partial charge on any atom is 0.162 e. The number of pyridine rings is 1. The van der Waals surface area contributed by atoms with E-state index in [-0.39, 0.29) is 17.1 Å². The average Bonchev–Trinajstić information content (AvgIpc) is 2.90.